The van der Waals surface area contributed by atoms with Crippen molar-refractivity contribution in [2.75, 3.05) is 18.4 Å². The maximum atomic E-state index is 13.8. The average molecular weight is 407 g/mol. The molecule has 1 saturated heterocycles. The van der Waals surface area contributed by atoms with E-state index in [1.165, 1.54) is 48.3 Å². The molecule has 4 rings (SSSR count). The van der Waals surface area contributed by atoms with Crippen LogP contribution in [0.2, 0.25) is 5.02 Å². The lowest BCUT2D eigenvalue weighted by molar-refractivity contribution is -0.111. The Morgan fingerprint density at radius 3 is 2.93 bits per heavy atom. The maximum absolute atomic E-state index is 13.8. The van der Waals surface area contributed by atoms with E-state index in [0.29, 0.717) is 6.04 Å². The van der Waals surface area contributed by atoms with Crippen molar-refractivity contribution in [3.8, 4) is 0 Å². The van der Waals surface area contributed by atoms with Gasteiger partial charge in [0.25, 0.3) is 0 Å². The number of carbonyl (C=O) groups is 1. The van der Waals surface area contributed by atoms with Crippen molar-refractivity contribution in [2.24, 2.45) is 0 Å². The molecule has 2 heterocycles. The Hall–Kier alpha value is -1.88. The van der Waals surface area contributed by atoms with Gasteiger partial charge in [0.15, 0.2) is 0 Å². The highest BCUT2D eigenvalue weighted by Crippen LogP contribution is 2.38. The van der Waals surface area contributed by atoms with Crippen LogP contribution in [0.4, 0.5) is 10.1 Å². The van der Waals surface area contributed by atoms with E-state index in [0.717, 1.165) is 25.2 Å². The number of carbonyl (C=O) groups excluding carboxylic acids is 1. The highest BCUT2D eigenvalue weighted by Gasteiger charge is 2.31. The molecule has 27 heavy (non-hydrogen) atoms. The van der Waals surface area contributed by atoms with Gasteiger partial charge in [-0.1, -0.05) is 23.7 Å². The quantitative estimate of drug-likeness (QED) is 0.706. The van der Waals surface area contributed by atoms with E-state index in [-0.39, 0.29) is 28.9 Å². The predicted octanol–water partition coefficient (Wildman–Crippen LogP) is 5.25. The Kier molecular flexibility index (Phi) is 6.20. The average Bonchev–Trinajstić information content (AvgIpc) is 3.10. The normalized spacial score (nSPS) is 18.7. The van der Waals surface area contributed by atoms with Gasteiger partial charge in [-0.25, -0.2) is 4.39 Å². The van der Waals surface area contributed by atoms with Gasteiger partial charge >= 0.3 is 0 Å². The molecule has 1 unspecified atom stereocenters. The number of anilines is 1. The molecule has 0 spiro atoms. The first-order chi connectivity index (χ1) is 12.6. The number of hydrogen-bond donors (Lipinski definition) is 1. The summed E-state index contributed by atoms with van der Waals surface area (Å²) in [4.78, 5) is 14.8. The van der Waals surface area contributed by atoms with Crippen LogP contribution in [0.1, 0.15) is 35.6 Å². The highest BCUT2D eigenvalue weighted by molar-refractivity contribution is 6.32. The van der Waals surface area contributed by atoms with Gasteiger partial charge in [0.05, 0.1) is 5.02 Å². The summed E-state index contributed by atoms with van der Waals surface area (Å²) in [6.07, 6.45) is 6.18. The van der Waals surface area contributed by atoms with Crippen molar-refractivity contribution in [1.82, 2.24) is 4.90 Å². The standard InChI is InChI=1S/C21H20ClFN2O.ClH/c22-18-3-1-4-19(23)16(18)8-9-21(26)24-15-7-6-14-10-12-25-11-2-5-20(25)17(14)13-15;/h1,3-4,6-9,13,20H,2,5,10-12H2,(H,24,26);1H. The van der Waals surface area contributed by atoms with Crippen LogP contribution in [-0.4, -0.2) is 23.9 Å². The molecule has 0 aromatic heterocycles. The third-order valence-corrected chi connectivity index (χ3v) is 5.54. The Morgan fingerprint density at radius 2 is 2.11 bits per heavy atom. The minimum atomic E-state index is -0.448. The Labute approximate surface area is 169 Å². The molecule has 2 aliphatic rings. The van der Waals surface area contributed by atoms with Gasteiger partial charge in [0, 0.05) is 29.9 Å². The third-order valence-electron chi connectivity index (χ3n) is 5.21. The molecule has 1 amide bonds. The Morgan fingerprint density at radius 1 is 1.26 bits per heavy atom. The zero-order chi connectivity index (χ0) is 18.1. The maximum Gasteiger partial charge on any atom is 0.248 e. The molecule has 1 atom stereocenters. The van der Waals surface area contributed by atoms with E-state index in [1.54, 1.807) is 6.07 Å². The third kappa shape index (κ3) is 4.18. The van der Waals surface area contributed by atoms with Crippen molar-refractivity contribution >= 4 is 41.7 Å². The molecule has 2 aliphatic heterocycles. The van der Waals surface area contributed by atoms with Gasteiger partial charge in [-0.3, -0.25) is 9.69 Å². The number of benzene rings is 2. The predicted molar refractivity (Wildman–Crippen MR) is 110 cm³/mol. The molecule has 0 saturated carbocycles. The van der Waals surface area contributed by atoms with Gasteiger partial charge < -0.3 is 5.32 Å². The molecule has 142 valence electrons. The molecular formula is C21H21Cl2FN2O. The van der Waals surface area contributed by atoms with Gasteiger partial charge in [-0.2, -0.15) is 0 Å². The zero-order valence-electron chi connectivity index (χ0n) is 14.8. The van der Waals surface area contributed by atoms with Crippen molar-refractivity contribution in [3.05, 3.63) is 70.0 Å². The van der Waals surface area contributed by atoms with Crippen LogP contribution in [0.15, 0.2) is 42.5 Å². The lowest BCUT2D eigenvalue weighted by Crippen LogP contribution is -2.30. The second-order valence-electron chi connectivity index (χ2n) is 6.82. The van der Waals surface area contributed by atoms with Crippen LogP contribution >= 0.6 is 24.0 Å². The van der Waals surface area contributed by atoms with Gasteiger partial charge in [0.1, 0.15) is 5.82 Å². The van der Waals surface area contributed by atoms with Gasteiger partial charge in [0.2, 0.25) is 5.91 Å². The molecule has 0 radical (unpaired) electrons. The lowest BCUT2D eigenvalue weighted by atomic mass is 9.92. The minimum absolute atomic E-state index is 0. The van der Waals surface area contributed by atoms with Crippen LogP contribution in [-0.2, 0) is 11.2 Å². The van der Waals surface area contributed by atoms with E-state index in [4.69, 9.17) is 11.6 Å². The number of nitrogens with one attached hydrogen (secondary N) is 1. The van der Waals surface area contributed by atoms with Crippen LogP contribution in [0.3, 0.4) is 0 Å². The largest absolute Gasteiger partial charge is 0.323 e. The fourth-order valence-electron chi connectivity index (χ4n) is 3.93. The second-order valence-corrected chi connectivity index (χ2v) is 7.22. The van der Waals surface area contributed by atoms with E-state index < -0.39 is 5.82 Å². The Balaban J connectivity index is 0.00000210. The van der Waals surface area contributed by atoms with E-state index in [9.17, 15) is 9.18 Å². The number of halogens is 3. The molecule has 2 aromatic rings. The van der Waals surface area contributed by atoms with E-state index in [2.05, 4.69) is 22.3 Å². The van der Waals surface area contributed by atoms with Crippen LogP contribution < -0.4 is 5.32 Å². The highest BCUT2D eigenvalue weighted by atomic mass is 35.5. The summed E-state index contributed by atoms with van der Waals surface area (Å²) in [5.74, 6) is -0.750. The molecule has 2 aromatic carbocycles. The smallest absolute Gasteiger partial charge is 0.248 e. The fourth-order valence-corrected chi connectivity index (χ4v) is 4.16. The minimum Gasteiger partial charge on any atom is -0.323 e. The first-order valence-corrected chi connectivity index (χ1v) is 9.29. The summed E-state index contributed by atoms with van der Waals surface area (Å²) in [5.41, 5.74) is 3.69. The van der Waals surface area contributed by atoms with Crippen molar-refractivity contribution in [1.29, 1.82) is 0 Å². The van der Waals surface area contributed by atoms with Crippen molar-refractivity contribution in [2.45, 2.75) is 25.3 Å². The summed E-state index contributed by atoms with van der Waals surface area (Å²) < 4.78 is 13.8. The summed E-state index contributed by atoms with van der Waals surface area (Å²) in [5, 5.41) is 3.15. The number of amides is 1. The van der Waals surface area contributed by atoms with Gasteiger partial charge in [-0.15, -0.1) is 12.4 Å². The van der Waals surface area contributed by atoms with E-state index >= 15 is 0 Å². The number of nitrogens with zero attached hydrogens (tertiary/aromatic N) is 1. The first kappa shape index (κ1) is 19.9. The van der Waals surface area contributed by atoms with Crippen LogP contribution in [0.25, 0.3) is 6.08 Å². The Bertz CT molecular complexity index is 864. The lowest BCUT2D eigenvalue weighted by Gasteiger charge is -2.32. The first-order valence-electron chi connectivity index (χ1n) is 8.92. The topological polar surface area (TPSA) is 32.3 Å². The fraction of sp³-hybridized carbons (Fsp3) is 0.286. The second kappa shape index (κ2) is 8.42. The molecule has 3 nitrogen and oxygen atoms in total. The zero-order valence-corrected chi connectivity index (χ0v) is 16.3. The molecule has 1 fully saturated rings. The van der Waals surface area contributed by atoms with Gasteiger partial charge in [-0.05, 0) is 67.3 Å². The van der Waals surface area contributed by atoms with Crippen molar-refractivity contribution in [3.63, 3.8) is 0 Å². The SMILES string of the molecule is Cl.O=C(C=Cc1c(F)cccc1Cl)Nc1ccc2c(c1)C1CCCN1CC2. The molecule has 0 aliphatic carbocycles. The summed E-state index contributed by atoms with van der Waals surface area (Å²) in [6, 6.07) is 11.1. The number of rotatable bonds is 3. The number of hydrogen-bond acceptors (Lipinski definition) is 2. The monoisotopic (exact) mass is 406 g/mol. The summed E-state index contributed by atoms with van der Waals surface area (Å²) in [6.45, 7) is 2.28. The van der Waals surface area contributed by atoms with Crippen LogP contribution in [0, 0.1) is 5.82 Å². The summed E-state index contributed by atoms with van der Waals surface area (Å²) >= 11 is 5.98. The molecule has 0 bridgehead atoms. The van der Waals surface area contributed by atoms with Crippen molar-refractivity contribution < 1.29 is 9.18 Å². The molecule has 6 heteroatoms. The van der Waals surface area contributed by atoms with E-state index in [1.807, 2.05) is 6.07 Å². The number of fused-ring (bicyclic) bond motifs is 3. The summed E-state index contributed by atoms with van der Waals surface area (Å²) in [7, 11) is 0. The van der Waals surface area contributed by atoms with Crippen LogP contribution in [0.5, 0.6) is 0 Å². The molecular weight excluding hydrogens is 386 g/mol. The molecule has 1 N–H and O–H groups in total.